The molecule has 0 aliphatic carbocycles. The van der Waals surface area contributed by atoms with E-state index in [0.29, 0.717) is 0 Å². The molecule has 4 heteroatoms. The maximum Gasteiger partial charge on any atom is 0.230 e. The SMILES string of the molecule is O=C1C(CCCc2cn(C(c3ccccc3)(c3ccccc3)c3ccccc3)cn2)CCCN1c1ccccc1. The van der Waals surface area contributed by atoms with Gasteiger partial charge < -0.3 is 9.47 Å². The summed E-state index contributed by atoms with van der Waals surface area (Å²) in [5.74, 6) is 0.340. The van der Waals surface area contributed by atoms with Crippen LogP contribution < -0.4 is 4.90 Å². The van der Waals surface area contributed by atoms with Crippen LogP contribution in [0.2, 0.25) is 0 Å². The summed E-state index contributed by atoms with van der Waals surface area (Å²) in [6.07, 6.45) is 8.86. The molecule has 0 radical (unpaired) electrons. The number of benzene rings is 4. The predicted molar refractivity (Wildman–Crippen MR) is 161 cm³/mol. The fraction of sp³-hybridized carbons (Fsp3) is 0.222. The monoisotopic (exact) mass is 525 g/mol. The lowest BCUT2D eigenvalue weighted by molar-refractivity contribution is -0.124. The lowest BCUT2D eigenvalue weighted by atomic mass is 9.77. The van der Waals surface area contributed by atoms with Gasteiger partial charge in [-0.05, 0) is 60.9 Å². The van der Waals surface area contributed by atoms with Crippen molar-refractivity contribution in [3.05, 3.63) is 156 Å². The normalized spacial score (nSPS) is 15.8. The highest BCUT2D eigenvalue weighted by molar-refractivity contribution is 5.95. The van der Waals surface area contributed by atoms with E-state index in [0.717, 1.165) is 50.0 Å². The smallest absolute Gasteiger partial charge is 0.230 e. The summed E-state index contributed by atoms with van der Waals surface area (Å²) in [6.45, 7) is 0.810. The second-order valence-electron chi connectivity index (χ2n) is 10.6. The molecule has 0 bridgehead atoms. The predicted octanol–water partition coefficient (Wildman–Crippen LogP) is 7.49. The number of imidazole rings is 1. The molecule has 1 fully saturated rings. The summed E-state index contributed by atoms with van der Waals surface area (Å²) in [5, 5.41) is 0. The Labute approximate surface area is 236 Å². The van der Waals surface area contributed by atoms with Crippen LogP contribution in [0.25, 0.3) is 0 Å². The van der Waals surface area contributed by atoms with E-state index in [4.69, 9.17) is 4.98 Å². The molecule has 1 unspecified atom stereocenters. The first-order valence-electron chi connectivity index (χ1n) is 14.3. The summed E-state index contributed by atoms with van der Waals surface area (Å²) in [6, 6.07) is 42.1. The number of piperidine rings is 1. The molecule has 200 valence electrons. The maximum atomic E-state index is 13.3. The van der Waals surface area contributed by atoms with Gasteiger partial charge >= 0.3 is 0 Å². The molecular formula is C36H35N3O. The zero-order valence-electron chi connectivity index (χ0n) is 22.8. The van der Waals surface area contributed by atoms with Crippen molar-refractivity contribution in [2.75, 3.05) is 11.4 Å². The Hall–Kier alpha value is -4.44. The van der Waals surface area contributed by atoms with E-state index in [2.05, 4.69) is 102 Å². The second-order valence-corrected chi connectivity index (χ2v) is 10.6. The molecular weight excluding hydrogens is 490 g/mol. The van der Waals surface area contributed by atoms with Gasteiger partial charge in [-0.25, -0.2) is 4.98 Å². The van der Waals surface area contributed by atoms with E-state index >= 15 is 0 Å². The Kier molecular flexibility index (Phi) is 7.58. The van der Waals surface area contributed by atoms with Crippen LogP contribution in [0.4, 0.5) is 5.69 Å². The van der Waals surface area contributed by atoms with E-state index in [1.165, 1.54) is 16.7 Å². The molecule has 40 heavy (non-hydrogen) atoms. The molecule has 1 atom stereocenters. The molecule has 0 spiro atoms. The van der Waals surface area contributed by atoms with Crippen LogP contribution >= 0.6 is 0 Å². The van der Waals surface area contributed by atoms with Gasteiger partial charge in [0.15, 0.2) is 0 Å². The lowest BCUT2D eigenvalue weighted by Gasteiger charge is -2.37. The van der Waals surface area contributed by atoms with Gasteiger partial charge in [0, 0.05) is 24.3 Å². The Bertz CT molecular complexity index is 1420. The number of nitrogens with zero attached hydrogens (tertiary/aromatic N) is 3. The first-order chi connectivity index (χ1) is 19.8. The second kappa shape index (κ2) is 11.7. The molecule has 5 aromatic rings. The maximum absolute atomic E-state index is 13.3. The number of rotatable bonds is 9. The first-order valence-corrected chi connectivity index (χ1v) is 14.3. The Morgan fingerprint density at radius 3 is 1.80 bits per heavy atom. The highest BCUT2D eigenvalue weighted by atomic mass is 16.2. The largest absolute Gasteiger partial charge is 0.319 e. The van der Waals surface area contributed by atoms with Crippen molar-refractivity contribution in [2.24, 2.45) is 5.92 Å². The summed E-state index contributed by atoms with van der Waals surface area (Å²) in [7, 11) is 0. The van der Waals surface area contributed by atoms with Crippen molar-refractivity contribution < 1.29 is 4.79 Å². The quantitative estimate of drug-likeness (QED) is 0.187. The topological polar surface area (TPSA) is 38.1 Å². The van der Waals surface area contributed by atoms with Gasteiger partial charge in [-0.1, -0.05) is 109 Å². The van der Waals surface area contributed by atoms with Crippen molar-refractivity contribution in [2.45, 2.75) is 37.6 Å². The molecule has 0 N–H and O–H groups in total. The van der Waals surface area contributed by atoms with Gasteiger partial charge in [0.05, 0.1) is 12.0 Å². The molecule has 6 rings (SSSR count). The number of hydrogen-bond donors (Lipinski definition) is 0. The Morgan fingerprint density at radius 1 is 0.725 bits per heavy atom. The van der Waals surface area contributed by atoms with Gasteiger partial charge in [0.25, 0.3) is 0 Å². The molecule has 1 aliphatic heterocycles. The van der Waals surface area contributed by atoms with Crippen LogP contribution in [-0.4, -0.2) is 22.0 Å². The number of hydrogen-bond acceptors (Lipinski definition) is 2. The highest BCUT2D eigenvalue weighted by Gasteiger charge is 2.38. The number of anilines is 1. The molecule has 1 aliphatic rings. The fourth-order valence-corrected chi connectivity index (χ4v) is 6.27. The third kappa shape index (κ3) is 4.98. The van der Waals surface area contributed by atoms with Crippen LogP contribution in [0.15, 0.2) is 134 Å². The van der Waals surface area contributed by atoms with Gasteiger partial charge in [-0.2, -0.15) is 0 Å². The summed E-state index contributed by atoms with van der Waals surface area (Å²) in [4.78, 5) is 20.1. The van der Waals surface area contributed by atoms with E-state index < -0.39 is 5.54 Å². The van der Waals surface area contributed by atoms with Crippen LogP contribution in [0.3, 0.4) is 0 Å². The van der Waals surface area contributed by atoms with Crippen LogP contribution in [-0.2, 0) is 16.8 Å². The minimum absolute atomic E-state index is 0.0769. The van der Waals surface area contributed by atoms with Crippen molar-refractivity contribution in [3.63, 3.8) is 0 Å². The number of aryl methyl sites for hydroxylation is 1. The molecule has 4 nitrogen and oxygen atoms in total. The zero-order valence-corrected chi connectivity index (χ0v) is 22.8. The molecule has 0 saturated carbocycles. The summed E-state index contributed by atoms with van der Waals surface area (Å²) >= 11 is 0. The number of aromatic nitrogens is 2. The van der Waals surface area contributed by atoms with Crippen LogP contribution in [0.1, 0.15) is 48.1 Å². The first kappa shape index (κ1) is 25.8. The third-order valence-corrected chi connectivity index (χ3v) is 8.20. The van der Waals surface area contributed by atoms with Crippen molar-refractivity contribution in [1.82, 2.24) is 9.55 Å². The molecule has 4 aromatic carbocycles. The third-order valence-electron chi connectivity index (χ3n) is 8.20. The van der Waals surface area contributed by atoms with Crippen LogP contribution in [0, 0.1) is 5.92 Å². The van der Waals surface area contributed by atoms with Gasteiger partial charge in [-0.15, -0.1) is 0 Å². The van der Waals surface area contributed by atoms with E-state index in [1.54, 1.807) is 0 Å². The fourth-order valence-electron chi connectivity index (χ4n) is 6.27. The highest BCUT2D eigenvalue weighted by Crippen LogP contribution is 2.41. The van der Waals surface area contributed by atoms with E-state index in [1.807, 2.05) is 41.6 Å². The molecule has 1 aromatic heterocycles. The number of amides is 1. The zero-order chi connectivity index (χ0) is 27.2. The number of para-hydroxylation sites is 1. The van der Waals surface area contributed by atoms with Crippen LogP contribution in [0.5, 0.6) is 0 Å². The molecule has 1 saturated heterocycles. The lowest BCUT2D eigenvalue weighted by Crippen LogP contribution is -2.41. The average Bonchev–Trinajstić information content (AvgIpc) is 3.49. The number of carbonyl (C=O) groups is 1. The van der Waals surface area contributed by atoms with E-state index in [-0.39, 0.29) is 11.8 Å². The van der Waals surface area contributed by atoms with Crippen molar-refractivity contribution in [3.8, 4) is 0 Å². The standard InChI is InChI=1S/C36H35N3O/c40-35-29(16-14-26-39(35)34-24-11-4-12-25-34)15-13-23-33-27-38(28-37-33)36(30-17-5-1-6-18-30,31-19-7-2-8-20-31)32-21-9-3-10-22-32/h1-12,17-22,24-25,27-29H,13-16,23,26H2. The molecule has 1 amide bonds. The minimum atomic E-state index is -0.551. The average molecular weight is 526 g/mol. The summed E-state index contributed by atoms with van der Waals surface area (Å²) in [5.41, 5.74) is 5.07. The van der Waals surface area contributed by atoms with Gasteiger partial charge in [0.2, 0.25) is 5.91 Å². The number of carbonyl (C=O) groups excluding carboxylic acids is 1. The Morgan fingerprint density at radius 2 is 1.25 bits per heavy atom. The van der Waals surface area contributed by atoms with Gasteiger partial charge in [-0.3, -0.25) is 4.79 Å². The van der Waals surface area contributed by atoms with Crippen molar-refractivity contribution >= 4 is 11.6 Å². The van der Waals surface area contributed by atoms with Crippen molar-refractivity contribution in [1.29, 1.82) is 0 Å². The minimum Gasteiger partial charge on any atom is -0.319 e. The van der Waals surface area contributed by atoms with Gasteiger partial charge in [0.1, 0.15) is 5.54 Å². The van der Waals surface area contributed by atoms with E-state index in [9.17, 15) is 4.79 Å². The Balaban J connectivity index is 1.26. The summed E-state index contributed by atoms with van der Waals surface area (Å²) < 4.78 is 2.27. The molecule has 2 heterocycles.